The fourth-order valence-electron chi connectivity index (χ4n) is 2.93. The number of hydrogen-bond acceptors (Lipinski definition) is 3. The van der Waals surface area contributed by atoms with Crippen LogP contribution in [0.25, 0.3) is 11.1 Å². The van der Waals surface area contributed by atoms with E-state index in [1.165, 1.54) is 25.1 Å². The first kappa shape index (κ1) is 21.8. The highest BCUT2D eigenvalue weighted by atomic mass is 32.1. The van der Waals surface area contributed by atoms with E-state index in [4.69, 9.17) is 0 Å². The summed E-state index contributed by atoms with van der Waals surface area (Å²) >= 11 is 0.611. The molecule has 158 valence electrons. The number of alkyl halides is 6. The summed E-state index contributed by atoms with van der Waals surface area (Å²) in [6, 6.07) is 9.04. The average molecular weight is 444 g/mol. The molecule has 0 fully saturated rings. The highest BCUT2D eigenvalue weighted by Crippen LogP contribution is 2.37. The molecule has 0 saturated heterocycles. The van der Waals surface area contributed by atoms with Crippen molar-refractivity contribution in [3.8, 4) is 11.1 Å². The Kier molecular flexibility index (Phi) is 5.64. The molecular formula is C20H14F6N2OS. The molecule has 30 heavy (non-hydrogen) atoms. The van der Waals surface area contributed by atoms with E-state index in [0.29, 0.717) is 28.0 Å². The van der Waals surface area contributed by atoms with Crippen LogP contribution < -0.4 is 5.32 Å². The van der Waals surface area contributed by atoms with Crippen molar-refractivity contribution in [2.45, 2.75) is 26.2 Å². The Morgan fingerprint density at radius 3 is 2.13 bits per heavy atom. The van der Waals surface area contributed by atoms with E-state index in [-0.39, 0.29) is 10.7 Å². The number of thiazole rings is 1. The van der Waals surface area contributed by atoms with Crippen LogP contribution in [0.4, 0.5) is 32.0 Å². The van der Waals surface area contributed by atoms with E-state index < -0.39 is 34.4 Å². The summed E-state index contributed by atoms with van der Waals surface area (Å²) in [4.78, 5) is 15.4. The molecule has 2 aromatic carbocycles. The zero-order valence-corrected chi connectivity index (χ0v) is 16.4. The molecule has 0 saturated carbocycles. The number of anilines is 1. The van der Waals surface area contributed by atoms with Crippen LogP contribution in [0.15, 0.2) is 42.5 Å². The maximum Gasteiger partial charge on any atom is 0.435 e. The van der Waals surface area contributed by atoms with Crippen LogP contribution in [0.5, 0.6) is 0 Å². The lowest BCUT2D eigenvalue weighted by Crippen LogP contribution is -2.17. The predicted molar refractivity (Wildman–Crippen MR) is 101 cm³/mol. The molecule has 3 rings (SSSR count). The van der Waals surface area contributed by atoms with E-state index in [1.54, 1.807) is 19.1 Å². The van der Waals surface area contributed by atoms with Gasteiger partial charge in [-0.1, -0.05) is 24.3 Å². The second-order valence-electron chi connectivity index (χ2n) is 6.44. The fraction of sp³-hybridized carbons (Fsp3) is 0.200. The lowest BCUT2D eigenvalue weighted by atomic mass is 9.97. The van der Waals surface area contributed by atoms with Gasteiger partial charge in [0.2, 0.25) is 0 Å². The van der Waals surface area contributed by atoms with Gasteiger partial charge in [-0.25, -0.2) is 4.98 Å². The van der Waals surface area contributed by atoms with Crippen LogP contribution in [0, 0.1) is 13.8 Å². The minimum Gasteiger partial charge on any atom is -0.321 e. The minimum absolute atomic E-state index is 0.0830. The molecule has 0 atom stereocenters. The van der Waals surface area contributed by atoms with Crippen LogP contribution in [0.2, 0.25) is 0 Å². The number of carbonyl (C=O) groups excluding carboxylic acids is 1. The van der Waals surface area contributed by atoms with Gasteiger partial charge in [0.05, 0.1) is 10.6 Å². The van der Waals surface area contributed by atoms with Crippen LogP contribution in [0.3, 0.4) is 0 Å². The largest absolute Gasteiger partial charge is 0.435 e. The first-order chi connectivity index (χ1) is 13.9. The van der Waals surface area contributed by atoms with Gasteiger partial charge in [0.25, 0.3) is 5.91 Å². The van der Waals surface area contributed by atoms with Gasteiger partial charge in [-0.3, -0.25) is 4.79 Å². The molecule has 0 spiro atoms. The monoisotopic (exact) mass is 444 g/mol. The van der Waals surface area contributed by atoms with Crippen molar-refractivity contribution in [1.82, 2.24) is 4.98 Å². The highest BCUT2D eigenvalue weighted by molar-refractivity contribution is 7.13. The van der Waals surface area contributed by atoms with Crippen LogP contribution in [0.1, 0.15) is 31.5 Å². The van der Waals surface area contributed by atoms with Crippen LogP contribution in [-0.2, 0) is 12.4 Å². The van der Waals surface area contributed by atoms with E-state index in [1.807, 2.05) is 0 Å². The molecule has 1 aromatic heterocycles. The molecule has 0 radical (unpaired) electrons. The molecule has 10 heteroatoms. The molecule has 1 amide bonds. The predicted octanol–water partition coefficient (Wildman–Crippen LogP) is 6.72. The summed E-state index contributed by atoms with van der Waals surface area (Å²) in [5.41, 5.74) is -0.503. The highest BCUT2D eigenvalue weighted by Gasteiger charge is 2.39. The Labute approximate surface area is 171 Å². The number of aryl methyl sites for hydroxylation is 2. The zero-order valence-electron chi connectivity index (χ0n) is 15.6. The number of benzene rings is 2. The third-order valence-corrected chi connectivity index (χ3v) is 5.20. The normalized spacial score (nSPS) is 12.1. The summed E-state index contributed by atoms with van der Waals surface area (Å²) in [5, 5.41) is 2.53. The second kappa shape index (κ2) is 7.75. The topological polar surface area (TPSA) is 42.0 Å². The van der Waals surface area contributed by atoms with Gasteiger partial charge in [-0.15, -0.1) is 11.3 Å². The Balaban J connectivity index is 2.00. The second-order valence-corrected chi connectivity index (χ2v) is 7.64. The summed E-state index contributed by atoms with van der Waals surface area (Å²) in [7, 11) is 0. The van der Waals surface area contributed by atoms with E-state index in [9.17, 15) is 31.1 Å². The van der Waals surface area contributed by atoms with Crippen molar-refractivity contribution >= 4 is 22.9 Å². The van der Waals surface area contributed by atoms with Gasteiger partial charge in [0.15, 0.2) is 5.69 Å². The van der Waals surface area contributed by atoms with Crippen molar-refractivity contribution in [2.75, 3.05) is 5.32 Å². The van der Waals surface area contributed by atoms with Gasteiger partial charge in [0, 0.05) is 11.3 Å². The first-order valence-electron chi connectivity index (χ1n) is 8.51. The molecule has 0 aliphatic rings. The standard InChI is InChI=1S/C20H14F6N2OS/c1-10-4-3-5-14(15(10)12-6-8-13(9-7-12)19(21,22)23)28-18(29)16-17(20(24,25)26)27-11(2)30-16/h3-9H,1-2H3,(H,28,29). The van der Waals surface area contributed by atoms with Crippen molar-refractivity contribution < 1.29 is 31.1 Å². The summed E-state index contributed by atoms with van der Waals surface area (Å²) < 4.78 is 78.0. The molecule has 3 aromatic rings. The first-order valence-corrected chi connectivity index (χ1v) is 9.33. The van der Waals surface area contributed by atoms with Gasteiger partial charge < -0.3 is 5.32 Å². The number of nitrogens with zero attached hydrogens (tertiary/aromatic N) is 1. The smallest absolute Gasteiger partial charge is 0.321 e. The third-order valence-electron chi connectivity index (χ3n) is 4.23. The van der Waals surface area contributed by atoms with Crippen molar-refractivity contribution in [3.63, 3.8) is 0 Å². The van der Waals surface area contributed by atoms with Crippen molar-refractivity contribution in [2.24, 2.45) is 0 Å². The molecule has 0 bridgehead atoms. The van der Waals surface area contributed by atoms with Crippen molar-refractivity contribution in [1.29, 1.82) is 0 Å². The van der Waals surface area contributed by atoms with E-state index in [0.717, 1.165) is 12.1 Å². The minimum atomic E-state index is -4.79. The van der Waals surface area contributed by atoms with Crippen molar-refractivity contribution in [3.05, 3.63) is 69.2 Å². The zero-order chi connectivity index (χ0) is 22.3. The fourth-order valence-corrected chi connectivity index (χ4v) is 3.77. The molecule has 1 heterocycles. The number of nitrogens with one attached hydrogen (secondary N) is 1. The molecule has 0 aliphatic heterocycles. The lowest BCUT2D eigenvalue weighted by molar-refractivity contribution is -0.141. The summed E-state index contributed by atoms with van der Waals surface area (Å²) in [5.74, 6) is -0.994. The van der Waals surface area contributed by atoms with E-state index in [2.05, 4.69) is 10.3 Å². The maximum absolute atomic E-state index is 13.2. The Bertz CT molecular complexity index is 1080. The Hall–Kier alpha value is -2.88. The number of carbonyl (C=O) groups is 1. The third kappa shape index (κ3) is 4.48. The quantitative estimate of drug-likeness (QED) is 0.456. The molecule has 0 aliphatic carbocycles. The van der Waals surface area contributed by atoms with Gasteiger partial charge in [-0.05, 0) is 43.2 Å². The van der Waals surface area contributed by atoms with Gasteiger partial charge >= 0.3 is 12.4 Å². The Morgan fingerprint density at radius 1 is 0.933 bits per heavy atom. The maximum atomic E-state index is 13.2. The molecular weight excluding hydrogens is 430 g/mol. The molecule has 0 unspecified atom stereocenters. The number of hydrogen-bond donors (Lipinski definition) is 1. The summed E-state index contributed by atoms with van der Waals surface area (Å²) in [6.45, 7) is 3.04. The van der Waals surface area contributed by atoms with Crippen LogP contribution in [-0.4, -0.2) is 10.9 Å². The lowest BCUT2D eigenvalue weighted by Gasteiger charge is -2.15. The van der Waals surface area contributed by atoms with Gasteiger partial charge in [-0.2, -0.15) is 26.3 Å². The SMILES string of the molecule is Cc1nc(C(F)(F)F)c(C(=O)Nc2cccc(C)c2-c2ccc(C(F)(F)F)cc2)s1. The van der Waals surface area contributed by atoms with Gasteiger partial charge in [0.1, 0.15) is 4.88 Å². The molecule has 1 N–H and O–H groups in total. The Morgan fingerprint density at radius 2 is 1.57 bits per heavy atom. The van der Waals surface area contributed by atoms with Crippen LogP contribution >= 0.6 is 11.3 Å². The number of amides is 1. The molecule has 3 nitrogen and oxygen atoms in total. The average Bonchev–Trinajstić information content (AvgIpc) is 3.04. The summed E-state index contributed by atoms with van der Waals surface area (Å²) in [6.07, 6.45) is -9.29. The number of aromatic nitrogens is 1. The number of halogens is 6. The number of rotatable bonds is 3. The van der Waals surface area contributed by atoms with E-state index >= 15 is 0 Å².